The fraction of sp³-hybridized carbons (Fsp3) is 0.0667. The molecule has 0 amide bonds. The van der Waals surface area contributed by atoms with E-state index in [0.717, 1.165) is 54.9 Å². The fourth-order valence-electron chi connectivity index (χ4n) is 11.3. The van der Waals surface area contributed by atoms with Crippen LogP contribution in [-0.2, 0) is 5.41 Å². The van der Waals surface area contributed by atoms with E-state index in [1.807, 2.05) is 24.3 Å². The molecular formula is C60H32N4. The Kier molecular flexibility index (Phi) is 6.96. The molecule has 0 radical (unpaired) electrons. The molecule has 64 heavy (non-hydrogen) atoms. The maximum atomic E-state index is 10.1. The topological polar surface area (TPSA) is 56.3 Å². The van der Waals surface area contributed by atoms with Gasteiger partial charge in [-0.1, -0.05) is 130 Å². The molecule has 2 aliphatic rings. The second-order valence-electron chi connectivity index (χ2n) is 18.3. The molecule has 0 saturated heterocycles. The lowest BCUT2D eigenvalue weighted by molar-refractivity contribution is 0.590. The van der Waals surface area contributed by atoms with E-state index in [4.69, 9.17) is 13.1 Å². The van der Waals surface area contributed by atoms with Gasteiger partial charge in [-0.05, 0) is 173 Å². The summed E-state index contributed by atoms with van der Waals surface area (Å²) in [4.78, 5) is 7.95. The molecule has 4 nitrogen and oxygen atoms in total. The lowest BCUT2D eigenvalue weighted by Gasteiger charge is -2.21. The van der Waals surface area contributed by atoms with Crippen LogP contribution in [0.3, 0.4) is 0 Å². The van der Waals surface area contributed by atoms with Crippen LogP contribution in [-0.4, -0.2) is 0 Å². The van der Waals surface area contributed by atoms with E-state index in [9.17, 15) is 10.5 Å². The number of nitriles is 2. The molecule has 0 saturated carbocycles. The first-order valence-corrected chi connectivity index (χ1v) is 21.4. The summed E-state index contributed by atoms with van der Waals surface area (Å²) in [5.74, 6) is 0. The molecule has 11 aromatic carbocycles. The molecule has 0 bridgehead atoms. The van der Waals surface area contributed by atoms with Crippen LogP contribution in [0.15, 0.2) is 140 Å². The summed E-state index contributed by atoms with van der Waals surface area (Å²) in [6, 6.07) is 53.4. The monoisotopic (exact) mass is 808 g/mol. The molecule has 11 aromatic rings. The van der Waals surface area contributed by atoms with Gasteiger partial charge in [0.2, 0.25) is 0 Å². The Morgan fingerprint density at radius 2 is 0.781 bits per heavy atom. The Morgan fingerprint density at radius 1 is 0.375 bits per heavy atom. The Bertz CT molecular complexity index is 4010. The van der Waals surface area contributed by atoms with E-state index in [2.05, 4.69) is 134 Å². The van der Waals surface area contributed by atoms with Gasteiger partial charge in [0, 0.05) is 0 Å². The van der Waals surface area contributed by atoms with Crippen molar-refractivity contribution >= 4 is 76.0 Å². The van der Waals surface area contributed by atoms with Crippen molar-refractivity contribution in [1.29, 1.82) is 10.5 Å². The Hall–Kier alpha value is -8.80. The highest BCUT2D eigenvalue weighted by Crippen LogP contribution is 2.58. The molecule has 0 spiro atoms. The number of benzene rings is 11. The van der Waals surface area contributed by atoms with E-state index in [1.165, 1.54) is 70.9 Å². The van der Waals surface area contributed by atoms with Gasteiger partial charge in [0.25, 0.3) is 0 Å². The predicted molar refractivity (Wildman–Crippen MR) is 263 cm³/mol. The Morgan fingerprint density at radius 3 is 1.19 bits per heavy atom. The normalized spacial score (nSPS) is 12.2. The largest absolute Gasteiger partial charge is 0.238 e. The van der Waals surface area contributed by atoms with Crippen molar-refractivity contribution in [3.63, 3.8) is 0 Å². The third-order valence-electron chi connectivity index (χ3n) is 14.1. The first kappa shape index (κ1) is 35.9. The molecule has 0 unspecified atom stereocenters. The summed E-state index contributed by atoms with van der Waals surface area (Å²) in [7, 11) is 0. The summed E-state index contributed by atoms with van der Waals surface area (Å²) >= 11 is 0. The quantitative estimate of drug-likeness (QED) is 0.0992. The zero-order valence-corrected chi connectivity index (χ0v) is 35.1. The zero-order chi connectivity index (χ0) is 43.3. The minimum atomic E-state index is 0.0438. The van der Waals surface area contributed by atoms with Crippen LogP contribution >= 0.6 is 0 Å². The van der Waals surface area contributed by atoms with Crippen LogP contribution in [0.4, 0.5) is 11.4 Å². The summed E-state index contributed by atoms with van der Waals surface area (Å²) in [6.07, 6.45) is 0. The predicted octanol–water partition coefficient (Wildman–Crippen LogP) is 16.8. The van der Waals surface area contributed by atoms with Gasteiger partial charge in [-0.25, -0.2) is 9.69 Å². The van der Waals surface area contributed by atoms with Crippen molar-refractivity contribution in [2.45, 2.75) is 26.2 Å². The molecule has 0 aliphatic heterocycles. The Balaban J connectivity index is 1.15. The highest BCUT2D eigenvalue weighted by molar-refractivity contribution is 6.40. The van der Waals surface area contributed by atoms with Crippen LogP contribution in [0.2, 0.25) is 0 Å². The van der Waals surface area contributed by atoms with Crippen molar-refractivity contribution in [2.75, 3.05) is 0 Å². The highest BCUT2D eigenvalue weighted by Gasteiger charge is 2.31. The number of rotatable bonds is 2. The minimum Gasteiger partial charge on any atom is -0.238 e. The smallest absolute Gasteiger partial charge is 0.195 e. The van der Waals surface area contributed by atoms with Crippen LogP contribution in [0.5, 0.6) is 0 Å². The summed E-state index contributed by atoms with van der Waals surface area (Å²) in [6.45, 7) is 23.4. The van der Waals surface area contributed by atoms with Crippen LogP contribution in [0, 0.1) is 35.8 Å². The molecule has 13 rings (SSSR count). The molecule has 2 aliphatic carbocycles. The SMILES string of the molecule is [C-]#[N+]c1ccc(C#N)cc1-c1c2ccccc2c(-c2cc(C#N)ccc2[N+]#[C-])c2cc3c(cc12)-c1ccc2c4ccc5c6c(ccc(c7ccc-3c1c27)c64)-c1cc(C(C)(C)C)ccc1-5. The second-order valence-corrected chi connectivity index (χ2v) is 18.3. The van der Waals surface area contributed by atoms with E-state index >= 15 is 0 Å². The van der Waals surface area contributed by atoms with Gasteiger partial charge in [0.05, 0.1) is 36.4 Å². The number of hydrogen-bond donors (Lipinski definition) is 0. The molecule has 0 aromatic heterocycles. The molecule has 0 atom stereocenters. The van der Waals surface area contributed by atoms with E-state index in [-0.39, 0.29) is 5.41 Å². The summed E-state index contributed by atoms with van der Waals surface area (Å²) in [5, 5.41) is 33.9. The Labute approximate surface area is 369 Å². The standard InChI is InChI=1S/C60H32N4/c1-60(2,3)33-12-13-34-37-14-15-38-40-17-20-43-46-27-48-49(28-47(46)44-21-18-41(58(40)59(43)44)39-16-19-42(45(34)26-33)56(37)57(38)39)55(51-25-32(30-62)11-23-53(51)64-5)36-9-7-6-8-35(36)54(48)50-24-31(29-61)10-22-52(50)63-4/h6-28H,1-3H3. The minimum absolute atomic E-state index is 0.0438. The van der Waals surface area contributed by atoms with Crippen LogP contribution in [0.1, 0.15) is 37.5 Å². The van der Waals surface area contributed by atoms with Gasteiger partial charge in [0.1, 0.15) is 0 Å². The molecule has 0 N–H and O–H groups in total. The van der Waals surface area contributed by atoms with Gasteiger partial charge in [0.15, 0.2) is 11.4 Å². The zero-order valence-electron chi connectivity index (χ0n) is 35.1. The summed E-state index contributed by atoms with van der Waals surface area (Å²) in [5.41, 5.74) is 16.0. The van der Waals surface area contributed by atoms with Gasteiger partial charge in [-0.3, -0.25) is 0 Å². The van der Waals surface area contributed by atoms with Crippen molar-refractivity contribution < 1.29 is 0 Å². The number of fused-ring (bicyclic) bond motifs is 10. The van der Waals surface area contributed by atoms with E-state index < -0.39 is 0 Å². The second kappa shape index (κ2) is 12.4. The van der Waals surface area contributed by atoms with E-state index in [1.54, 1.807) is 24.3 Å². The average Bonchev–Trinajstić information content (AvgIpc) is 3.83. The molecule has 292 valence electrons. The first-order chi connectivity index (χ1) is 31.2. The van der Waals surface area contributed by atoms with Crippen LogP contribution in [0.25, 0.3) is 141 Å². The number of hydrogen-bond acceptors (Lipinski definition) is 2. The fourth-order valence-corrected chi connectivity index (χ4v) is 11.3. The first-order valence-electron chi connectivity index (χ1n) is 21.4. The van der Waals surface area contributed by atoms with Gasteiger partial charge < -0.3 is 0 Å². The summed E-state index contributed by atoms with van der Waals surface area (Å²) < 4.78 is 0. The molecular weight excluding hydrogens is 777 g/mol. The van der Waals surface area contributed by atoms with Crippen molar-refractivity contribution in [1.82, 2.24) is 0 Å². The highest BCUT2D eigenvalue weighted by atomic mass is 14.7. The third-order valence-corrected chi connectivity index (χ3v) is 14.1. The van der Waals surface area contributed by atoms with Gasteiger partial charge >= 0.3 is 0 Å². The lowest BCUT2D eigenvalue weighted by atomic mass is 9.83. The van der Waals surface area contributed by atoms with Gasteiger partial charge in [-0.15, -0.1) is 0 Å². The van der Waals surface area contributed by atoms with E-state index in [0.29, 0.717) is 33.6 Å². The van der Waals surface area contributed by atoms with Crippen molar-refractivity contribution in [3.8, 4) is 78.9 Å². The average molecular weight is 809 g/mol. The lowest BCUT2D eigenvalue weighted by Crippen LogP contribution is -2.10. The molecule has 0 heterocycles. The molecule has 0 fully saturated rings. The maximum Gasteiger partial charge on any atom is 0.195 e. The van der Waals surface area contributed by atoms with Crippen LogP contribution < -0.4 is 0 Å². The maximum absolute atomic E-state index is 10.1. The molecule has 4 heteroatoms. The number of nitrogens with zero attached hydrogens (tertiary/aromatic N) is 4. The van der Waals surface area contributed by atoms with Gasteiger partial charge in [-0.2, -0.15) is 10.5 Å². The van der Waals surface area contributed by atoms with Crippen molar-refractivity contribution in [3.05, 3.63) is 179 Å². The third kappa shape index (κ3) is 4.51. The van der Waals surface area contributed by atoms with Crippen molar-refractivity contribution in [2.24, 2.45) is 0 Å².